The first-order chi connectivity index (χ1) is 10.7. The molecule has 4 atom stereocenters. The van der Waals surface area contributed by atoms with Crippen molar-refractivity contribution >= 4 is 11.6 Å². The second kappa shape index (κ2) is 6.14. The average Bonchev–Trinajstić information content (AvgIpc) is 3.29. The van der Waals surface area contributed by atoms with Crippen LogP contribution in [0, 0.1) is 11.8 Å². The number of rotatable bonds is 5. The molecule has 2 nitrogen and oxygen atoms in total. The lowest BCUT2D eigenvalue weighted by molar-refractivity contribution is 0.0176. The highest BCUT2D eigenvalue weighted by Crippen LogP contribution is 2.46. The fourth-order valence-electron chi connectivity index (χ4n) is 4.55. The summed E-state index contributed by atoms with van der Waals surface area (Å²) in [6.07, 6.45) is 6.70. The lowest BCUT2D eigenvalue weighted by Crippen LogP contribution is -2.47. The van der Waals surface area contributed by atoms with Gasteiger partial charge in [0.15, 0.2) is 0 Å². The smallest absolute Gasteiger partial charge is 0.0515 e. The summed E-state index contributed by atoms with van der Waals surface area (Å²) in [5.74, 6) is 2.11. The van der Waals surface area contributed by atoms with Gasteiger partial charge in [-0.05, 0) is 68.7 Å². The summed E-state index contributed by atoms with van der Waals surface area (Å²) in [7, 11) is 2.31. The van der Waals surface area contributed by atoms with Gasteiger partial charge in [-0.1, -0.05) is 23.7 Å². The Kier molecular flexibility index (Phi) is 4.19. The van der Waals surface area contributed by atoms with Gasteiger partial charge in [-0.25, -0.2) is 0 Å². The van der Waals surface area contributed by atoms with Crippen molar-refractivity contribution in [3.05, 3.63) is 34.9 Å². The van der Waals surface area contributed by atoms with E-state index in [1.165, 1.54) is 37.7 Å². The fourth-order valence-corrected chi connectivity index (χ4v) is 4.68. The molecule has 3 heteroatoms. The van der Waals surface area contributed by atoms with E-state index >= 15 is 0 Å². The third kappa shape index (κ3) is 2.93. The molecule has 0 radical (unpaired) electrons. The summed E-state index contributed by atoms with van der Waals surface area (Å²) in [6, 6.07) is 9.99. The predicted octanol–water partition coefficient (Wildman–Crippen LogP) is 4.33. The molecule has 1 aromatic rings. The van der Waals surface area contributed by atoms with E-state index in [4.69, 9.17) is 16.3 Å². The Labute approximate surface area is 138 Å². The van der Waals surface area contributed by atoms with Gasteiger partial charge in [-0.3, -0.25) is 0 Å². The van der Waals surface area contributed by atoms with Crippen LogP contribution in [-0.4, -0.2) is 37.2 Å². The van der Waals surface area contributed by atoms with Crippen molar-refractivity contribution in [3.63, 3.8) is 0 Å². The molecule has 3 fully saturated rings. The van der Waals surface area contributed by atoms with Gasteiger partial charge >= 0.3 is 0 Å². The molecular weight excluding hydrogens is 294 g/mol. The Morgan fingerprint density at radius 1 is 1.09 bits per heavy atom. The van der Waals surface area contributed by atoms with Gasteiger partial charge in [-0.2, -0.15) is 0 Å². The number of piperidine rings is 1. The molecule has 120 valence electrons. The van der Waals surface area contributed by atoms with E-state index in [0.717, 1.165) is 30.2 Å². The minimum Gasteiger partial charge on any atom is -0.381 e. The van der Waals surface area contributed by atoms with Crippen LogP contribution in [0.5, 0.6) is 0 Å². The SMILES string of the molecule is CN1[C@H]2CC[C@@H]1[C@H](COCC1CC1)[C@@H](c1ccc(Cl)cc1)C2. The molecule has 3 aliphatic rings. The molecule has 2 bridgehead atoms. The van der Waals surface area contributed by atoms with E-state index in [1.54, 1.807) is 0 Å². The van der Waals surface area contributed by atoms with E-state index in [2.05, 4.69) is 24.1 Å². The third-order valence-corrected chi connectivity index (χ3v) is 6.34. The van der Waals surface area contributed by atoms with Crippen LogP contribution < -0.4 is 0 Å². The predicted molar refractivity (Wildman–Crippen MR) is 90.4 cm³/mol. The zero-order valence-electron chi connectivity index (χ0n) is 13.4. The van der Waals surface area contributed by atoms with E-state index in [-0.39, 0.29) is 0 Å². The summed E-state index contributed by atoms with van der Waals surface area (Å²) < 4.78 is 6.12. The molecule has 0 unspecified atom stereocenters. The molecule has 22 heavy (non-hydrogen) atoms. The minimum absolute atomic E-state index is 0.628. The molecule has 2 aliphatic heterocycles. The third-order valence-electron chi connectivity index (χ3n) is 6.09. The molecule has 4 rings (SSSR count). The minimum atomic E-state index is 0.628. The van der Waals surface area contributed by atoms with Gasteiger partial charge in [0.25, 0.3) is 0 Å². The molecule has 2 heterocycles. The zero-order chi connectivity index (χ0) is 15.1. The second-order valence-corrected chi connectivity index (χ2v) is 7.94. The zero-order valence-corrected chi connectivity index (χ0v) is 14.1. The number of benzene rings is 1. The normalized spacial score (nSPS) is 35.0. The summed E-state index contributed by atoms with van der Waals surface area (Å²) in [4.78, 5) is 2.62. The van der Waals surface area contributed by atoms with Crippen LogP contribution in [0.1, 0.15) is 43.6 Å². The van der Waals surface area contributed by atoms with Gasteiger partial charge in [0, 0.05) is 29.6 Å². The van der Waals surface area contributed by atoms with E-state index in [9.17, 15) is 0 Å². The van der Waals surface area contributed by atoms with Gasteiger partial charge in [0.2, 0.25) is 0 Å². The van der Waals surface area contributed by atoms with Gasteiger partial charge in [0.1, 0.15) is 0 Å². The van der Waals surface area contributed by atoms with Crippen molar-refractivity contribution in [3.8, 4) is 0 Å². The standard InChI is InChI=1S/C19H26ClNO/c1-21-16-8-9-19(21)18(12-22-11-13-2-3-13)17(10-16)14-4-6-15(20)7-5-14/h4-7,13,16-19H,2-3,8-12H2,1H3/t16-,17+,18+,19+/m0/s1. The summed E-state index contributed by atoms with van der Waals surface area (Å²) >= 11 is 6.07. The second-order valence-electron chi connectivity index (χ2n) is 7.50. The van der Waals surface area contributed by atoms with E-state index < -0.39 is 0 Å². The van der Waals surface area contributed by atoms with E-state index in [1.807, 2.05) is 12.1 Å². The largest absolute Gasteiger partial charge is 0.381 e. The molecule has 1 aliphatic carbocycles. The average molecular weight is 320 g/mol. The van der Waals surface area contributed by atoms with Gasteiger partial charge in [0.05, 0.1) is 6.61 Å². The van der Waals surface area contributed by atoms with Crippen LogP contribution in [0.3, 0.4) is 0 Å². The van der Waals surface area contributed by atoms with Crippen LogP contribution in [-0.2, 0) is 4.74 Å². The van der Waals surface area contributed by atoms with Crippen LogP contribution in [0.25, 0.3) is 0 Å². The number of hydrogen-bond donors (Lipinski definition) is 0. The number of ether oxygens (including phenoxy) is 1. The van der Waals surface area contributed by atoms with Crippen LogP contribution in [0.15, 0.2) is 24.3 Å². The van der Waals surface area contributed by atoms with Crippen LogP contribution in [0.2, 0.25) is 5.02 Å². The highest BCUT2D eigenvalue weighted by molar-refractivity contribution is 6.30. The Balaban J connectivity index is 1.52. The van der Waals surface area contributed by atoms with Gasteiger partial charge < -0.3 is 9.64 Å². The number of fused-ring (bicyclic) bond motifs is 2. The highest BCUT2D eigenvalue weighted by Gasteiger charge is 2.45. The number of halogens is 1. The van der Waals surface area contributed by atoms with Crippen molar-refractivity contribution in [2.75, 3.05) is 20.3 Å². The van der Waals surface area contributed by atoms with Crippen molar-refractivity contribution in [2.45, 2.75) is 50.1 Å². The molecular formula is C19H26ClNO. The van der Waals surface area contributed by atoms with Crippen molar-refractivity contribution in [2.24, 2.45) is 11.8 Å². The van der Waals surface area contributed by atoms with Crippen molar-refractivity contribution in [1.29, 1.82) is 0 Å². The molecule has 0 amide bonds. The molecule has 0 aromatic heterocycles. The van der Waals surface area contributed by atoms with Gasteiger partial charge in [-0.15, -0.1) is 0 Å². The molecule has 1 aromatic carbocycles. The van der Waals surface area contributed by atoms with E-state index in [0.29, 0.717) is 17.9 Å². The first kappa shape index (κ1) is 15.0. The first-order valence-electron chi connectivity index (χ1n) is 8.77. The van der Waals surface area contributed by atoms with Crippen molar-refractivity contribution < 1.29 is 4.74 Å². The van der Waals surface area contributed by atoms with Crippen molar-refractivity contribution in [1.82, 2.24) is 4.90 Å². The molecule has 0 spiro atoms. The first-order valence-corrected chi connectivity index (χ1v) is 9.15. The Hall–Kier alpha value is -0.570. The molecule has 1 saturated carbocycles. The fraction of sp³-hybridized carbons (Fsp3) is 0.684. The Morgan fingerprint density at radius 2 is 1.86 bits per heavy atom. The van der Waals surface area contributed by atoms with Crippen LogP contribution >= 0.6 is 11.6 Å². The molecule has 0 N–H and O–H groups in total. The maximum atomic E-state index is 6.12. The monoisotopic (exact) mass is 319 g/mol. The van der Waals surface area contributed by atoms with Crippen LogP contribution in [0.4, 0.5) is 0 Å². The Morgan fingerprint density at radius 3 is 2.59 bits per heavy atom. The lowest BCUT2D eigenvalue weighted by Gasteiger charge is -2.43. The molecule has 2 saturated heterocycles. The summed E-state index contributed by atoms with van der Waals surface area (Å²) in [5.41, 5.74) is 1.45. The summed E-state index contributed by atoms with van der Waals surface area (Å²) in [6.45, 7) is 1.90. The maximum absolute atomic E-state index is 6.12. The Bertz CT molecular complexity index is 513. The maximum Gasteiger partial charge on any atom is 0.0515 e. The quantitative estimate of drug-likeness (QED) is 0.801. The summed E-state index contributed by atoms with van der Waals surface area (Å²) in [5, 5.41) is 0.834. The lowest BCUT2D eigenvalue weighted by atomic mass is 9.76. The highest BCUT2D eigenvalue weighted by atomic mass is 35.5. The number of nitrogens with zero attached hydrogens (tertiary/aromatic N) is 1. The number of hydrogen-bond acceptors (Lipinski definition) is 2. The topological polar surface area (TPSA) is 12.5 Å².